The van der Waals surface area contributed by atoms with Gasteiger partial charge in [0.05, 0.1) is 5.69 Å². The van der Waals surface area contributed by atoms with Crippen molar-refractivity contribution in [2.75, 3.05) is 17.6 Å². The van der Waals surface area contributed by atoms with E-state index in [1.807, 2.05) is 30.3 Å². The van der Waals surface area contributed by atoms with E-state index in [2.05, 4.69) is 15.6 Å². The van der Waals surface area contributed by atoms with E-state index in [1.54, 1.807) is 11.8 Å². The van der Waals surface area contributed by atoms with Crippen molar-refractivity contribution < 1.29 is 9.59 Å². The molecular formula is C16H17N3O2S2. The molecule has 3 rings (SSSR count). The zero-order chi connectivity index (χ0) is 16.1. The van der Waals surface area contributed by atoms with Gasteiger partial charge >= 0.3 is 0 Å². The second-order valence-corrected chi connectivity index (χ2v) is 7.28. The molecule has 0 saturated carbocycles. The summed E-state index contributed by atoms with van der Waals surface area (Å²) in [6.07, 6.45) is 2.06. The molecule has 0 aliphatic carbocycles. The summed E-state index contributed by atoms with van der Waals surface area (Å²) in [6.45, 7) is 0.681. The van der Waals surface area contributed by atoms with Crippen LogP contribution in [-0.2, 0) is 11.2 Å². The molecule has 0 unspecified atom stereocenters. The fraction of sp³-hybridized carbons (Fsp3) is 0.312. The maximum absolute atomic E-state index is 12.0. The Bertz CT molecular complexity index is 701. The molecule has 5 nitrogen and oxygen atoms in total. The minimum atomic E-state index is -0.0878. The monoisotopic (exact) mass is 347 g/mol. The number of anilines is 1. The van der Waals surface area contributed by atoms with Crippen LogP contribution < -0.4 is 10.6 Å². The van der Waals surface area contributed by atoms with Gasteiger partial charge in [-0.05, 0) is 25.0 Å². The largest absolute Gasteiger partial charge is 0.351 e. The first-order valence-electron chi connectivity index (χ1n) is 7.48. The topological polar surface area (TPSA) is 71.1 Å². The van der Waals surface area contributed by atoms with Crippen LogP contribution in [0.2, 0.25) is 0 Å². The van der Waals surface area contributed by atoms with Gasteiger partial charge in [-0.1, -0.05) is 29.5 Å². The Labute approximate surface area is 142 Å². The van der Waals surface area contributed by atoms with Crippen LogP contribution in [-0.4, -0.2) is 29.1 Å². The highest BCUT2D eigenvalue weighted by molar-refractivity contribution is 7.99. The van der Waals surface area contributed by atoms with E-state index in [0.29, 0.717) is 28.7 Å². The normalized spacial score (nSPS) is 13.8. The summed E-state index contributed by atoms with van der Waals surface area (Å²) in [5.41, 5.74) is 0.791. The maximum atomic E-state index is 12.0. The summed E-state index contributed by atoms with van der Waals surface area (Å²) in [5.74, 6) is 0.550. The Morgan fingerprint density at radius 2 is 2.17 bits per heavy atom. The number of thioether (sulfide) groups is 1. The molecule has 2 aromatic rings. The number of aromatic nitrogens is 1. The molecule has 0 bridgehead atoms. The first-order valence-corrected chi connectivity index (χ1v) is 9.28. The highest BCUT2D eigenvalue weighted by Gasteiger charge is 2.21. The van der Waals surface area contributed by atoms with E-state index in [9.17, 15) is 9.59 Å². The fourth-order valence-corrected chi connectivity index (χ4v) is 4.07. The average molecular weight is 347 g/mol. The fourth-order valence-electron chi connectivity index (χ4n) is 2.25. The Morgan fingerprint density at radius 1 is 1.35 bits per heavy atom. The molecule has 1 aromatic carbocycles. The van der Waals surface area contributed by atoms with Gasteiger partial charge in [-0.2, -0.15) is 0 Å². The van der Waals surface area contributed by atoms with Crippen molar-refractivity contribution >= 4 is 40.0 Å². The number of amides is 2. The lowest BCUT2D eigenvalue weighted by Crippen LogP contribution is -2.21. The number of rotatable bonds is 5. The van der Waals surface area contributed by atoms with Gasteiger partial charge in [0.2, 0.25) is 5.91 Å². The predicted molar refractivity (Wildman–Crippen MR) is 93.2 cm³/mol. The Morgan fingerprint density at radius 3 is 3.00 bits per heavy atom. The number of fused-ring (bicyclic) bond motifs is 1. The third kappa shape index (κ3) is 4.33. The van der Waals surface area contributed by atoms with Gasteiger partial charge in [-0.25, -0.2) is 4.98 Å². The molecule has 1 aliphatic heterocycles. The number of carbonyl (C=O) groups excluding carboxylic acids is 2. The van der Waals surface area contributed by atoms with Crippen LogP contribution in [0, 0.1) is 0 Å². The van der Waals surface area contributed by atoms with E-state index >= 15 is 0 Å². The second-order valence-electron chi connectivity index (χ2n) is 5.11. The maximum Gasteiger partial charge on any atom is 0.263 e. The third-order valence-electron chi connectivity index (χ3n) is 3.37. The van der Waals surface area contributed by atoms with Gasteiger partial charge in [-0.15, -0.1) is 11.8 Å². The zero-order valence-corrected chi connectivity index (χ0v) is 14.1. The molecule has 120 valence electrons. The number of hydrogen-bond donors (Lipinski definition) is 2. The molecule has 2 heterocycles. The van der Waals surface area contributed by atoms with Crippen LogP contribution in [0.25, 0.3) is 0 Å². The first-order chi connectivity index (χ1) is 11.2. The number of thiazole rings is 1. The van der Waals surface area contributed by atoms with Gasteiger partial charge in [0, 0.05) is 23.6 Å². The van der Waals surface area contributed by atoms with Crippen molar-refractivity contribution in [2.45, 2.75) is 24.2 Å². The number of benzene rings is 1. The molecule has 2 amide bonds. The quantitative estimate of drug-likeness (QED) is 0.816. The molecule has 0 radical (unpaired) electrons. The summed E-state index contributed by atoms with van der Waals surface area (Å²) >= 11 is 2.90. The van der Waals surface area contributed by atoms with Crippen molar-refractivity contribution in [2.24, 2.45) is 0 Å². The summed E-state index contributed by atoms with van der Waals surface area (Å²) in [5, 5.41) is 6.15. The van der Waals surface area contributed by atoms with Gasteiger partial charge in [0.15, 0.2) is 5.13 Å². The lowest BCUT2D eigenvalue weighted by atomic mass is 10.2. The van der Waals surface area contributed by atoms with Crippen molar-refractivity contribution in [3.05, 3.63) is 40.9 Å². The minimum absolute atomic E-state index is 0.0715. The second kappa shape index (κ2) is 7.61. The van der Waals surface area contributed by atoms with Gasteiger partial charge < -0.3 is 10.6 Å². The zero-order valence-electron chi connectivity index (χ0n) is 12.5. The Kier molecular flexibility index (Phi) is 5.30. The Hall–Kier alpha value is -1.86. The number of carbonyl (C=O) groups is 2. The van der Waals surface area contributed by atoms with Crippen LogP contribution in [0.3, 0.4) is 0 Å². The highest BCUT2D eigenvalue weighted by atomic mass is 32.2. The first kappa shape index (κ1) is 16.0. The molecule has 7 heteroatoms. The van der Waals surface area contributed by atoms with E-state index in [4.69, 9.17) is 0 Å². The number of aryl methyl sites for hydroxylation is 1. The van der Waals surface area contributed by atoms with Gasteiger partial charge in [0.1, 0.15) is 4.88 Å². The Balaban J connectivity index is 1.52. The van der Waals surface area contributed by atoms with E-state index in [1.165, 1.54) is 11.3 Å². The van der Waals surface area contributed by atoms with Crippen LogP contribution >= 0.6 is 23.1 Å². The number of nitrogens with zero attached hydrogens (tertiary/aromatic N) is 1. The molecule has 1 aliphatic rings. The van der Waals surface area contributed by atoms with Crippen LogP contribution in [0.4, 0.5) is 5.13 Å². The lowest BCUT2D eigenvalue weighted by molar-refractivity contribution is -0.115. The number of nitrogens with one attached hydrogen (secondary N) is 2. The summed E-state index contributed by atoms with van der Waals surface area (Å²) in [4.78, 5) is 30.0. The summed E-state index contributed by atoms with van der Waals surface area (Å²) < 4.78 is 0. The van der Waals surface area contributed by atoms with Crippen LogP contribution in [0.5, 0.6) is 0 Å². The summed E-state index contributed by atoms with van der Waals surface area (Å²) in [7, 11) is 0. The van der Waals surface area contributed by atoms with Gasteiger partial charge in [0.25, 0.3) is 5.91 Å². The predicted octanol–water partition coefficient (Wildman–Crippen LogP) is 2.94. The smallest absolute Gasteiger partial charge is 0.263 e. The van der Waals surface area contributed by atoms with E-state index in [0.717, 1.165) is 23.4 Å². The third-order valence-corrected chi connectivity index (χ3v) is 5.39. The SMILES string of the molecule is O=C(CCSc1ccccc1)Nc1nc2c(s1)C(=O)NCCC2. The average Bonchev–Trinajstić information content (AvgIpc) is 2.87. The van der Waals surface area contributed by atoms with Crippen molar-refractivity contribution in [3.63, 3.8) is 0 Å². The highest BCUT2D eigenvalue weighted by Crippen LogP contribution is 2.26. The molecule has 2 N–H and O–H groups in total. The number of hydrogen-bond acceptors (Lipinski definition) is 5. The molecule has 0 saturated heterocycles. The van der Waals surface area contributed by atoms with E-state index in [-0.39, 0.29) is 11.8 Å². The summed E-state index contributed by atoms with van der Waals surface area (Å²) in [6, 6.07) is 9.99. The van der Waals surface area contributed by atoms with Crippen molar-refractivity contribution in [1.82, 2.24) is 10.3 Å². The molecule has 0 spiro atoms. The molecule has 23 heavy (non-hydrogen) atoms. The van der Waals surface area contributed by atoms with Crippen LogP contribution in [0.15, 0.2) is 35.2 Å². The van der Waals surface area contributed by atoms with Crippen LogP contribution in [0.1, 0.15) is 28.2 Å². The lowest BCUT2D eigenvalue weighted by Gasteiger charge is -2.02. The van der Waals surface area contributed by atoms with Crippen molar-refractivity contribution in [1.29, 1.82) is 0 Å². The van der Waals surface area contributed by atoms with Gasteiger partial charge in [-0.3, -0.25) is 9.59 Å². The van der Waals surface area contributed by atoms with Crippen molar-refractivity contribution in [3.8, 4) is 0 Å². The molecular weight excluding hydrogens is 330 g/mol. The minimum Gasteiger partial charge on any atom is -0.351 e. The molecule has 0 atom stereocenters. The molecule has 1 aromatic heterocycles. The van der Waals surface area contributed by atoms with E-state index < -0.39 is 0 Å². The molecule has 0 fully saturated rings. The standard InChI is InChI=1S/C16H17N3O2S2/c20-13(8-10-22-11-5-2-1-3-6-11)19-16-18-12-7-4-9-17-15(21)14(12)23-16/h1-3,5-6H,4,7-10H2,(H,17,21)(H,18,19,20).